The SMILES string of the molecule is CC(C)(CNC(=O)C1NC=C(c2cccc(COc3cccc4ccccc34)c2)C=C1O)C(=O)O. The van der Waals surface area contributed by atoms with Gasteiger partial charge in [-0.3, -0.25) is 9.59 Å². The first-order chi connectivity index (χ1) is 16.7. The number of carboxylic acids is 1. The summed E-state index contributed by atoms with van der Waals surface area (Å²) in [7, 11) is 0. The molecule has 3 aromatic rings. The first-order valence-corrected chi connectivity index (χ1v) is 11.3. The predicted octanol–water partition coefficient (Wildman–Crippen LogP) is 4.40. The van der Waals surface area contributed by atoms with Crippen LogP contribution in [0.1, 0.15) is 25.0 Å². The molecule has 180 valence electrons. The molecule has 0 saturated carbocycles. The lowest BCUT2D eigenvalue weighted by molar-refractivity contribution is -0.146. The van der Waals surface area contributed by atoms with Crippen LogP contribution < -0.4 is 15.4 Å². The molecule has 4 rings (SSSR count). The van der Waals surface area contributed by atoms with Crippen molar-refractivity contribution in [1.82, 2.24) is 10.6 Å². The first-order valence-electron chi connectivity index (χ1n) is 11.3. The van der Waals surface area contributed by atoms with Gasteiger partial charge in [-0.1, -0.05) is 54.6 Å². The number of aliphatic hydroxyl groups excluding tert-OH is 1. The van der Waals surface area contributed by atoms with Gasteiger partial charge < -0.3 is 25.6 Å². The van der Waals surface area contributed by atoms with Gasteiger partial charge in [-0.05, 0) is 48.6 Å². The van der Waals surface area contributed by atoms with Crippen molar-refractivity contribution in [3.8, 4) is 5.75 Å². The Labute approximate surface area is 203 Å². The molecule has 1 atom stereocenters. The summed E-state index contributed by atoms with van der Waals surface area (Å²) in [5, 5.41) is 27.3. The Morgan fingerprint density at radius 2 is 1.80 bits per heavy atom. The number of rotatable bonds is 8. The van der Waals surface area contributed by atoms with E-state index in [2.05, 4.69) is 10.6 Å². The largest absolute Gasteiger partial charge is 0.510 e. The summed E-state index contributed by atoms with van der Waals surface area (Å²) in [6.07, 6.45) is 3.20. The average Bonchev–Trinajstić information content (AvgIpc) is 2.86. The zero-order chi connectivity index (χ0) is 25.0. The summed E-state index contributed by atoms with van der Waals surface area (Å²) in [4.78, 5) is 23.7. The zero-order valence-electron chi connectivity index (χ0n) is 19.6. The lowest BCUT2D eigenvalue weighted by Crippen LogP contribution is -2.48. The number of aliphatic hydroxyl groups is 1. The Morgan fingerprint density at radius 3 is 2.57 bits per heavy atom. The van der Waals surface area contributed by atoms with Crippen molar-refractivity contribution in [3.05, 3.63) is 95.9 Å². The Morgan fingerprint density at radius 1 is 1.06 bits per heavy atom. The number of amides is 1. The van der Waals surface area contributed by atoms with Gasteiger partial charge in [0.2, 0.25) is 5.91 Å². The van der Waals surface area contributed by atoms with Crippen LogP contribution in [0.5, 0.6) is 5.75 Å². The fourth-order valence-corrected chi connectivity index (χ4v) is 3.73. The molecule has 1 unspecified atom stereocenters. The molecule has 0 bridgehead atoms. The quantitative estimate of drug-likeness (QED) is 0.387. The van der Waals surface area contributed by atoms with Crippen LogP contribution in [-0.2, 0) is 16.2 Å². The highest BCUT2D eigenvalue weighted by molar-refractivity contribution is 5.89. The van der Waals surface area contributed by atoms with Crippen molar-refractivity contribution in [2.45, 2.75) is 26.5 Å². The fraction of sp³-hybridized carbons (Fsp3) is 0.214. The Kier molecular flexibility index (Phi) is 6.78. The van der Waals surface area contributed by atoms with Crippen molar-refractivity contribution >= 4 is 28.2 Å². The zero-order valence-corrected chi connectivity index (χ0v) is 19.6. The van der Waals surface area contributed by atoms with Crippen LogP contribution in [0, 0.1) is 5.41 Å². The molecule has 0 aliphatic carbocycles. The highest BCUT2D eigenvalue weighted by Crippen LogP contribution is 2.27. The second kappa shape index (κ2) is 9.93. The molecule has 3 aromatic carbocycles. The molecule has 7 nitrogen and oxygen atoms in total. The van der Waals surface area contributed by atoms with E-state index >= 15 is 0 Å². The number of hydrogen-bond acceptors (Lipinski definition) is 5. The molecule has 0 fully saturated rings. The van der Waals surface area contributed by atoms with Crippen molar-refractivity contribution in [1.29, 1.82) is 0 Å². The van der Waals surface area contributed by atoms with Gasteiger partial charge in [-0.2, -0.15) is 0 Å². The van der Waals surface area contributed by atoms with Crippen LogP contribution in [0.2, 0.25) is 0 Å². The van der Waals surface area contributed by atoms with E-state index in [1.807, 2.05) is 66.7 Å². The van der Waals surface area contributed by atoms with Crippen LogP contribution in [0.3, 0.4) is 0 Å². The number of carbonyl (C=O) groups excluding carboxylic acids is 1. The van der Waals surface area contributed by atoms with E-state index in [1.54, 1.807) is 6.20 Å². The third kappa shape index (κ3) is 5.46. The van der Waals surface area contributed by atoms with Crippen molar-refractivity contribution in [3.63, 3.8) is 0 Å². The van der Waals surface area contributed by atoms with Gasteiger partial charge in [-0.15, -0.1) is 0 Å². The van der Waals surface area contributed by atoms with Crippen molar-refractivity contribution in [2.24, 2.45) is 5.41 Å². The van der Waals surface area contributed by atoms with E-state index in [0.29, 0.717) is 12.2 Å². The topological polar surface area (TPSA) is 108 Å². The normalized spacial score (nSPS) is 15.5. The number of allylic oxidation sites excluding steroid dienone is 2. The summed E-state index contributed by atoms with van der Waals surface area (Å²) in [6.45, 7) is 3.37. The second-order valence-electron chi connectivity index (χ2n) is 9.14. The minimum absolute atomic E-state index is 0.0536. The van der Waals surface area contributed by atoms with E-state index in [0.717, 1.165) is 27.6 Å². The van der Waals surface area contributed by atoms with E-state index in [-0.39, 0.29) is 12.3 Å². The number of nitrogens with one attached hydrogen (secondary N) is 2. The van der Waals surface area contributed by atoms with Gasteiger partial charge in [0.1, 0.15) is 18.1 Å². The third-order valence-corrected chi connectivity index (χ3v) is 5.95. The first kappa shape index (κ1) is 23.9. The number of ether oxygens (including phenoxy) is 1. The summed E-state index contributed by atoms with van der Waals surface area (Å²) in [5.74, 6) is -0.851. The molecule has 0 spiro atoms. The molecule has 4 N–H and O–H groups in total. The maximum Gasteiger partial charge on any atom is 0.310 e. The highest BCUT2D eigenvalue weighted by atomic mass is 16.5. The molecule has 0 saturated heterocycles. The Hall–Kier alpha value is -4.26. The maximum absolute atomic E-state index is 12.5. The van der Waals surface area contributed by atoms with Gasteiger partial charge in [0.15, 0.2) is 6.04 Å². The van der Waals surface area contributed by atoms with Gasteiger partial charge >= 0.3 is 5.97 Å². The monoisotopic (exact) mass is 472 g/mol. The van der Waals surface area contributed by atoms with Crippen molar-refractivity contribution < 1.29 is 24.5 Å². The van der Waals surface area contributed by atoms with E-state index in [4.69, 9.17) is 4.74 Å². The van der Waals surface area contributed by atoms with Gasteiger partial charge in [0, 0.05) is 23.7 Å². The number of dihydropyridines is 1. The highest BCUT2D eigenvalue weighted by Gasteiger charge is 2.31. The Balaban J connectivity index is 1.42. The summed E-state index contributed by atoms with van der Waals surface area (Å²) >= 11 is 0. The van der Waals surface area contributed by atoms with E-state index < -0.39 is 23.3 Å². The number of hydrogen-bond donors (Lipinski definition) is 4. The fourth-order valence-electron chi connectivity index (χ4n) is 3.73. The van der Waals surface area contributed by atoms with Crippen LogP contribution in [0.15, 0.2) is 84.8 Å². The van der Waals surface area contributed by atoms with Crippen molar-refractivity contribution in [2.75, 3.05) is 6.54 Å². The predicted molar refractivity (Wildman–Crippen MR) is 135 cm³/mol. The summed E-state index contributed by atoms with van der Waals surface area (Å²) in [6, 6.07) is 20.8. The van der Waals surface area contributed by atoms with Crippen LogP contribution in [0.25, 0.3) is 16.3 Å². The number of aliphatic carboxylic acids is 1. The summed E-state index contributed by atoms with van der Waals surface area (Å²) in [5.41, 5.74) is 1.41. The summed E-state index contributed by atoms with van der Waals surface area (Å²) < 4.78 is 6.09. The molecular formula is C28H28N2O5. The second-order valence-corrected chi connectivity index (χ2v) is 9.14. The van der Waals surface area contributed by atoms with Gasteiger partial charge in [-0.25, -0.2) is 0 Å². The molecule has 1 amide bonds. The molecular weight excluding hydrogens is 444 g/mol. The minimum atomic E-state index is -1.11. The molecule has 0 aromatic heterocycles. The molecule has 1 aliphatic rings. The van der Waals surface area contributed by atoms with Gasteiger partial charge in [0.05, 0.1) is 5.41 Å². The number of benzene rings is 3. The van der Waals surface area contributed by atoms with Crippen LogP contribution in [-0.4, -0.2) is 34.7 Å². The third-order valence-electron chi connectivity index (χ3n) is 5.95. The number of fused-ring (bicyclic) bond motifs is 1. The standard InChI is InChI=1S/C28H28N2O5/c1-28(2,27(33)34)17-30-26(32)25-23(31)14-21(15-29-25)20-10-5-7-18(13-20)16-35-24-12-6-9-19-8-3-4-11-22(19)24/h3-15,25,29,31H,16-17H2,1-2H3,(H,30,32)(H,33,34). The lowest BCUT2D eigenvalue weighted by atomic mass is 9.93. The smallest absolute Gasteiger partial charge is 0.310 e. The van der Waals surface area contributed by atoms with E-state index in [9.17, 15) is 19.8 Å². The maximum atomic E-state index is 12.5. The molecule has 7 heteroatoms. The van der Waals surface area contributed by atoms with E-state index in [1.165, 1.54) is 19.9 Å². The van der Waals surface area contributed by atoms with Crippen LogP contribution in [0.4, 0.5) is 0 Å². The molecule has 1 aliphatic heterocycles. The molecule has 1 heterocycles. The van der Waals surface area contributed by atoms with Gasteiger partial charge in [0.25, 0.3) is 0 Å². The lowest BCUT2D eigenvalue weighted by Gasteiger charge is -2.24. The van der Waals surface area contributed by atoms with Crippen LogP contribution >= 0.6 is 0 Å². The number of carboxylic acid groups (broad SMARTS) is 1. The minimum Gasteiger partial charge on any atom is -0.510 e. The molecule has 35 heavy (non-hydrogen) atoms. The number of carbonyl (C=O) groups is 2. The average molecular weight is 473 g/mol. The molecule has 0 radical (unpaired) electrons. The Bertz CT molecular complexity index is 1320.